The van der Waals surface area contributed by atoms with Crippen LogP contribution in [0.1, 0.15) is 24.0 Å². The average molecular weight is 277 g/mol. The number of methoxy groups -OCH3 is 1. The predicted molar refractivity (Wildman–Crippen MR) is 77.5 cm³/mol. The molecule has 0 spiro atoms. The molecular weight excluding hydrogens is 254 g/mol. The predicted octanol–water partition coefficient (Wildman–Crippen LogP) is 1.19. The lowest BCUT2D eigenvalue weighted by molar-refractivity contribution is 0.199. The minimum Gasteiger partial charge on any atom is -0.383 e. The minimum atomic E-state index is 0.718. The Balaban J connectivity index is 1.91. The van der Waals surface area contributed by atoms with Crippen molar-refractivity contribution in [3.05, 3.63) is 35.7 Å². The fraction of sp³-hybridized carbons (Fsp3) is 0.571. The lowest BCUT2D eigenvalue weighted by Crippen LogP contribution is -2.18. The lowest BCUT2D eigenvalue weighted by Gasteiger charge is -2.05. The second-order valence-electron chi connectivity index (χ2n) is 4.80. The molecule has 1 N–H and O–H groups in total. The van der Waals surface area contributed by atoms with E-state index < -0.39 is 0 Å². The molecule has 0 radical (unpaired) electrons. The number of imidazole rings is 1. The zero-order valence-corrected chi connectivity index (χ0v) is 12.5. The molecule has 0 aromatic carbocycles. The smallest absolute Gasteiger partial charge is 0.0953 e. The largest absolute Gasteiger partial charge is 0.383 e. The Kier molecular flexibility index (Phi) is 5.31. The summed E-state index contributed by atoms with van der Waals surface area (Å²) in [6.07, 6.45) is 3.94. The molecule has 0 aliphatic rings. The standard InChI is InChI=1S/C14H23N5O/c1-4-19-14(7-12(2)17-19)10-18-9-13(16-11-18)8-15-5-6-20-3/h7,9,11,15H,4-6,8,10H2,1-3H3. The van der Waals surface area contributed by atoms with Crippen molar-refractivity contribution in [3.63, 3.8) is 0 Å². The van der Waals surface area contributed by atoms with Crippen LogP contribution in [0.3, 0.4) is 0 Å². The van der Waals surface area contributed by atoms with Gasteiger partial charge in [-0.05, 0) is 19.9 Å². The van der Waals surface area contributed by atoms with Crippen LogP contribution in [0.4, 0.5) is 0 Å². The monoisotopic (exact) mass is 277 g/mol. The van der Waals surface area contributed by atoms with E-state index in [0.29, 0.717) is 0 Å². The quantitative estimate of drug-likeness (QED) is 0.737. The third-order valence-electron chi connectivity index (χ3n) is 3.11. The molecule has 2 heterocycles. The minimum absolute atomic E-state index is 0.718. The summed E-state index contributed by atoms with van der Waals surface area (Å²) in [5.74, 6) is 0. The molecule has 2 aromatic rings. The molecule has 2 rings (SSSR count). The van der Waals surface area contributed by atoms with E-state index in [0.717, 1.165) is 44.2 Å². The first-order valence-electron chi connectivity index (χ1n) is 6.96. The molecule has 0 amide bonds. The highest BCUT2D eigenvalue weighted by Gasteiger charge is 2.05. The van der Waals surface area contributed by atoms with E-state index in [1.807, 2.05) is 17.9 Å². The van der Waals surface area contributed by atoms with Crippen molar-refractivity contribution in [2.45, 2.75) is 33.5 Å². The van der Waals surface area contributed by atoms with Gasteiger partial charge in [0.2, 0.25) is 0 Å². The number of ether oxygens (including phenoxy) is 1. The van der Waals surface area contributed by atoms with Gasteiger partial charge >= 0.3 is 0 Å². The van der Waals surface area contributed by atoms with Gasteiger partial charge in [0.25, 0.3) is 0 Å². The van der Waals surface area contributed by atoms with E-state index in [2.05, 4.69) is 39.2 Å². The van der Waals surface area contributed by atoms with Gasteiger partial charge < -0.3 is 14.6 Å². The highest BCUT2D eigenvalue weighted by Crippen LogP contribution is 2.07. The zero-order chi connectivity index (χ0) is 14.4. The first-order valence-corrected chi connectivity index (χ1v) is 6.96. The lowest BCUT2D eigenvalue weighted by atomic mass is 10.3. The highest BCUT2D eigenvalue weighted by atomic mass is 16.5. The summed E-state index contributed by atoms with van der Waals surface area (Å²) in [4.78, 5) is 4.40. The SMILES string of the molecule is CCn1nc(C)cc1Cn1cnc(CNCCOC)c1. The third kappa shape index (κ3) is 3.91. The fourth-order valence-electron chi connectivity index (χ4n) is 2.16. The Morgan fingerprint density at radius 3 is 3.00 bits per heavy atom. The van der Waals surface area contributed by atoms with Gasteiger partial charge in [0, 0.05) is 32.9 Å². The summed E-state index contributed by atoms with van der Waals surface area (Å²) in [5.41, 5.74) is 3.31. The van der Waals surface area contributed by atoms with Crippen molar-refractivity contribution in [2.75, 3.05) is 20.3 Å². The molecule has 6 heteroatoms. The first-order chi connectivity index (χ1) is 9.72. The maximum atomic E-state index is 4.99. The molecule has 0 bridgehead atoms. The van der Waals surface area contributed by atoms with E-state index in [9.17, 15) is 0 Å². The molecule has 0 unspecified atom stereocenters. The molecule has 20 heavy (non-hydrogen) atoms. The van der Waals surface area contributed by atoms with Crippen LogP contribution in [0, 0.1) is 6.92 Å². The Hall–Kier alpha value is -1.66. The molecule has 0 saturated heterocycles. The van der Waals surface area contributed by atoms with Gasteiger partial charge in [-0.25, -0.2) is 4.98 Å². The number of hydrogen-bond donors (Lipinski definition) is 1. The Morgan fingerprint density at radius 1 is 1.40 bits per heavy atom. The van der Waals surface area contributed by atoms with Crippen LogP contribution in [-0.2, 0) is 24.4 Å². The molecule has 0 atom stereocenters. The number of rotatable bonds is 8. The zero-order valence-electron chi connectivity index (χ0n) is 12.5. The van der Waals surface area contributed by atoms with Crippen molar-refractivity contribution in [1.29, 1.82) is 0 Å². The molecule has 0 aliphatic carbocycles. The molecule has 110 valence electrons. The van der Waals surface area contributed by atoms with Crippen molar-refractivity contribution in [3.8, 4) is 0 Å². The van der Waals surface area contributed by atoms with Crippen LogP contribution in [-0.4, -0.2) is 39.6 Å². The summed E-state index contributed by atoms with van der Waals surface area (Å²) < 4.78 is 9.12. The van der Waals surface area contributed by atoms with Crippen molar-refractivity contribution in [2.24, 2.45) is 0 Å². The maximum absolute atomic E-state index is 4.99. The van der Waals surface area contributed by atoms with Gasteiger partial charge in [0.1, 0.15) is 0 Å². The Morgan fingerprint density at radius 2 is 2.25 bits per heavy atom. The third-order valence-corrected chi connectivity index (χ3v) is 3.11. The van der Waals surface area contributed by atoms with E-state index in [1.54, 1.807) is 7.11 Å². The fourth-order valence-corrected chi connectivity index (χ4v) is 2.16. The number of nitrogens with zero attached hydrogens (tertiary/aromatic N) is 4. The Bertz CT molecular complexity index is 531. The second kappa shape index (κ2) is 7.21. The molecule has 0 fully saturated rings. The highest BCUT2D eigenvalue weighted by molar-refractivity contribution is 5.10. The molecule has 2 aromatic heterocycles. The number of aromatic nitrogens is 4. The topological polar surface area (TPSA) is 56.9 Å². The van der Waals surface area contributed by atoms with E-state index in [4.69, 9.17) is 4.74 Å². The van der Waals surface area contributed by atoms with Crippen LogP contribution in [0.5, 0.6) is 0 Å². The Labute approximate surface area is 119 Å². The van der Waals surface area contributed by atoms with Crippen molar-refractivity contribution in [1.82, 2.24) is 24.6 Å². The normalized spacial score (nSPS) is 11.2. The van der Waals surface area contributed by atoms with Crippen LogP contribution in [0.25, 0.3) is 0 Å². The average Bonchev–Trinajstić information content (AvgIpc) is 3.02. The second-order valence-corrected chi connectivity index (χ2v) is 4.80. The van der Waals surface area contributed by atoms with Crippen molar-refractivity contribution >= 4 is 0 Å². The summed E-state index contributed by atoms with van der Waals surface area (Å²) in [6.45, 7) is 8.15. The van der Waals surface area contributed by atoms with Crippen LogP contribution >= 0.6 is 0 Å². The molecule has 6 nitrogen and oxygen atoms in total. The summed E-state index contributed by atoms with van der Waals surface area (Å²) >= 11 is 0. The van der Waals surface area contributed by atoms with Crippen LogP contribution in [0.15, 0.2) is 18.6 Å². The van der Waals surface area contributed by atoms with Gasteiger partial charge in [-0.15, -0.1) is 0 Å². The summed E-state index contributed by atoms with van der Waals surface area (Å²) in [6, 6.07) is 2.13. The van der Waals surface area contributed by atoms with E-state index in [1.165, 1.54) is 5.69 Å². The van der Waals surface area contributed by atoms with Crippen molar-refractivity contribution < 1.29 is 4.74 Å². The van der Waals surface area contributed by atoms with E-state index >= 15 is 0 Å². The molecular formula is C14H23N5O. The number of nitrogens with one attached hydrogen (secondary N) is 1. The van der Waals surface area contributed by atoms with Gasteiger partial charge in [-0.1, -0.05) is 0 Å². The summed E-state index contributed by atoms with van der Waals surface area (Å²) in [7, 11) is 1.70. The number of aryl methyl sites for hydroxylation is 2. The van der Waals surface area contributed by atoms with Crippen LogP contribution < -0.4 is 5.32 Å². The summed E-state index contributed by atoms with van der Waals surface area (Å²) in [5, 5.41) is 7.75. The van der Waals surface area contributed by atoms with E-state index in [-0.39, 0.29) is 0 Å². The first kappa shape index (κ1) is 14.7. The van der Waals surface area contributed by atoms with Gasteiger partial charge in [-0.2, -0.15) is 5.10 Å². The number of hydrogen-bond acceptors (Lipinski definition) is 4. The molecule has 0 aliphatic heterocycles. The van der Waals surface area contributed by atoms with Gasteiger partial charge in [0.05, 0.1) is 36.6 Å². The van der Waals surface area contributed by atoms with Crippen LogP contribution in [0.2, 0.25) is 0 Å². The van der Waals surface area contributed by atoms with Gasteiger partial charge in [-0.3, -0.25) is 4.68 Å². The molecule has 0 saturated carbocycles. The van der Waals surface area contributed by atoms with Gasteiger partial charge in [0.15, 0.2) is 0 Å². The maximum Gasteiger partial charge on any atom is 0.0953 e.